The van der Waals surface area contributed by atoms with Gasteiger partial charge in [0.15, 0.2) is 0 Å². The summed E-state index contributed by atoms with van der Waals surface area (Å²) < 4.78 is 0. The van der Waals surface area contributed by atoms with Crippen LogP contribution < -0.4 is 5.32 Å². The molecule has 1 saturated carbocycles. The Hall–Kier alpha value is -2.98. The molecule has 2 aliphatic rings. The molecule has 3 aromatic rings. The zero-order valence-electron chi connectivity index (χ0n) is 21.6. The average molecular weight is 483 g/mol. The van der Waals surface area contributed by atoms with Crippen molar-refractivity contribution in [3.63, 3.8) is 0 Å². The van der Waals surface area contributed by atoms with Crippen LogP contribution in [-0.2, 0) is 24.8 Å². The van der Waals surface area contributed by atoms with E-state index in [1.807, 2.05) is 31.3 Å². The van der Waals surface area contributed by atoms with E-state index in [4.69, 9.17) is 0 Å². The summed E-state index contributed by atoms with van der Waals surface area (Å²) in [5.74, 6) is 0.395. The van der Waals surface area contributed by atoms with Crippen molar-refractivity contribution in [1.29, 1.82) is 0 Å². The van der Waals surface area contributed by atoms with Crippen molar-refractivity contribution in [3.8, 4) is 0 Å². The van der Waals surface area contributed by atoms with Crippen LogP contribution in [0.1, 0.15) is 83.8 Å². The van der Waals surface area contributed by atoms with E-state index in [9.17, 15) is 9.90 Å². The minimum atomic E-state index is -0.556. The van der Waals surface area contributed by atoms with Gasteiger partial charge in [0.2, 0.25) is 0 Å². The molecule has 0 spiro atoms. The van der Waals surface area contributed by atoms with Crippen molar-refractivity contribution in [2.45, 2.75) is 82.8 Å². The first-order valence-corrected chi connectivity index (χ1v) is 13.5. The van der Waals surface area contributed by atoms with Gasteiger partial charge in [0.25, 0.3) is 5.91 Å². The highest BCUT2D eigenvalue weighted by molar-refractivity contribution is 5.94. The van der Waals surface area contributed by atoms with Gasteiger partial charge in [-0.05, 0) is 105 Å². The smallest absolute Gasteiger partial charge is 0.251 e. The van der Waals surface area contributed by atoms with Crippen LogP contribution in [0.5, 0.6) is 0 Å². The monoisotopic (exact) mass is 482 g/mol. The number of benzene rings is 2. The molecule has 2 N–H and O–H groups in total. The van der Waals surface area contributed by atoms with Crippen molar-refractivity contribution in [3.05, 3.63) is 100 Å². The predicted molar refractivity (Wildman–Crippen MR) is 144 cm³/mol. The summed E-state index contributed by atoms with van der Waals surface area (Å²) >= 11 is 0. The van der Waals surface area contributed by atoms with Crippen molar-refractivity contribution in [1.82, 2.24) is 10.3 Å². The third-order valence-corrected chi connectivity index (χ3v) is 8.79. The van der Waals surface area contributed by atoms with E-state index in [1.165, 1.54) is 16.7 Å². The molecule has 2 aromatic carbocycles. The van der Waals surface area contributed by atoms with Gasteiger partial charge in [0.05, 0.1) is 5.60 Å². The highest BCUT2D eigenvalue weighted by atomic mass is 16.3. The first-order valence-electron chi connectivity index (χ1n) is 13.5. The van der Waals surface area contributed by atoms with Crippen LogP contribution in [0.4, 0.5) is 0 Å². The molecule has 4 heteroatoms. The van der Waals surface area contributed by atoms with Gasteiger partial charge in [-0.1, -0.05) is 49.4 Å². The molecule has 1 heterocycles. The van der Waals surface area contributed by atoms with Crippen molar-refractivity contribution < 1.29 is 9.90 Å². The predicted octanol–water partition coefficient (Wildman–Crippen LogP) is 6.08. The number of carbonyl (C=O) groups is 1. The molecule has 1 aromatic heterocycles. The molecule has 1 amide bonds. The lowest BCUT2D eigenvalue weighted by Crippen LogP contribution is -2.48. The van der Waals surface area contributed by atoms with Gasteiger partial charge in [-0.15, -0.1) is 0 Å². The number of hydrogen-bond acceptors (Lipinski definition) is 3. The van der Waals surface area contributed by atoms with E-state index in [0.717, 1.165) is 68.2 Å². The van der Waals surface area contributed by atoms with Gasteiger partial charge in [-0.2, -0.15) is 0 Å². The van der Waals surface area contributed by atoms with Crippen molar-refractivity contribution in [2.75, 3.05) is 0 Å². The largest absolute Gasteiger partial charge is 0.390 e. The Kier molecular flexibility index (Phi) is 6.98. The molecular formula is C32H38N2O2. The number of fused-ring (bicyclic) bond motifs is 3. The number of aromatic nitrogens is 1. The van der Waals surface area contributed by atoms with E-state index < -0.39 is 5.60 Å². The molecule has 3 atom stereocenters. The van der Waals surface area contributed by atoms with Gasteiger partial charge in [-0.3, -0.25) is 9.78 Å². The Labute approximate surface area is 215 Å². The lowest BCUT2D eigenvalue weighted by molar-refractivity contribution is -0.0497. The summed E-state index contributed by atoms with van der Waals surface area (Å²) in [5.41, 5.74) is 6.19. The molecule has 0 unspecified atom stereocenters. The van der Waals surface area contributed by atoms with Gasteiger partial charge in [-0.25, -0.2) is 0 Å². The molecule has 0 bridgehead atoms. The van der Waals surface area contributed by atoms with E-state index in [0.29, 0.717) is 12.5 Å². The summed E-state index contributed by atoms with van der Waals surface area (Å²) in [5, 5.41) is 14.3. The Morgan fingerprint density at radius 2 is 1.92 bits per heavy atom. The highest BCUT2D eigenvalue weighted by Crippen LogP contribution is 2.54. The standard InChI is InChI=1S/C32H38N2O2/c1-3-31(36)16-17-32(19-24-8-5-4-6-9-24)28(20-31)11-7-10-26-18-27(14-15-29(26)32)30(35)34-22-25-13-12-23(2)33-21-25/h4-6,8-9,12-15,18,21,28,36H,3,7,10-11,16-17,19-20,22H2,1-2H3,(H,34,35)/t28-,31+,32-/m0/s1. The van der Waals surface area contributed by atoms with Gasteiger partial charge < -0.3 is 10.4 Å². The molecule has 0 aliphatic heterocycles. The lowest BCUT2D eigenvalue weighted by atomic mass is 9.55. The van der Waals surface area contributed by atoms with E-state index in [1.54, 1.807) is 0 Å². The van der Waals surface area contributed by atoms with E-state index in [-0.39, 0.29) is 11.3 Å². The fourth-order valence-electron chi connectivity index (χ4n) is 6.61. The Balaban J connectivity index is 1.45. The van der Waals surface area contributed by atoms with Crippen molar-refractivity contribution >= 4 is 5.91 Å². The Morgan fingerprint density at radius 3 is 2.67 bits per heavy atom. The molecule has 2 aliphatic carbocycles. The van der Waals surface area contributed by atoms with Crippen molar-refractivity contribution in [2.24, 2.45) is 5.92 Å². The molecule has 0 radical (unpaired) electrons. The van der Waals surface area contributed by atoms with Crippen LogP contribution in [0.25, 0.3) is 0 Å². The fraction of sp³-hybridized carbons (Fsp3) is 0.438. The maximum atomic E-state index is 13.1. The third-order valence-electron chi connectivity index (χ3n) is 8.79. The molecule has 36 heavy (non-hydrogen) atoms. The summed E-state index contributed by atoms with van der Waals surface area (Å²) in [6.45, 7) is 4.55. The second kappa shape index (κ2) is 10.2. The minimum absolute atomic E-state index is 0.00282. The molecule has 1 fully saturated rings. The molecule has 5 rings (SSSR count). The van der Waals surface area contributed by atoms with Crippen LogP contribution in [-0.4, -0.2) is 21.6 Å². The average Bonchev–Trinajstić information content (AvgIpc) is 3.05. The summed E-state index contributed by atoms with van der Waals surface area (Å²) in [4.78, 5) is 17.4. The lowest BCUT2D eigenvalue weighted by Gasteiger charge is -2.50. The van der Waals surface area contributed by atoms with E-state index in [2.05, 4.69) is 59.7 Å². The van der Waals surface area contributed by atoms with Gasteiger partial charge in [0, 0.05) is 29.4 Å². The second-order valence-electron chi connectivity index (χ2n) is 11.1. The number of amides is 1. The maximum absolute atomic E-state index is 13.1. The number of rotatable bonds is 6. The minimum Gasteiger partial charge on any atom is -0.390 e. The van der Waals surface area contributed by atoms with E-state index >= 15 is 0 Å². The molecule has 188 valence electrons. The number of nitrogens with one attached hydrogen (secondary N) is 1. The Morgan fingerprint density at radius 1 is 1.08 bits per heavy atom. The van der Waals surface area contributed by atoms with Gasteiger partial charge >= 0.3 is 0 Å². The maximum Gasteiger partial charge on any atom is 0.251 e. The Bertz CT molecular complexity index is 1210. The third kappa shape index (κ3) is 4.97. The number of aliphatic hydroxyl groups is 1. The number of carbonyl (C=O) groups excluding carboxylic acids is 1. The van der Waals surface area contributed by atoms with Crippen LogP contribution in [0, 0.1) is 12.8 Å². The first kappa shape index (κ1) is 24.7. The van der Waals surface area contributed by atoms with Gasteiger partial charge in [0.1, 0.15) is 0 Å². The molecule has 0 saturated heterocycles. The summed E-state index contributed by atoms with van der Waals surface area (Å²) in [6, 6.07) is 21.2. The second-order valence-corrected chi connectivity index (χ2v) is 11.1. The molecule has 4 nitrogen and oxygen atoms in total. The van der Waals surface area contributed by atoms with Crippen LogP contribution in [0.15, 0.2) is 66.9 Å². The zero-order valence-corrected chi connectivity index (χ0v) is 21.6. The first-order chi connectivity index (χ1) is 17.4. The number of nitrogens with zero attached hydrogens (tertiary/aromatic N) is 1. The summed E-state index contributed by atoms with van der Waals surface area (Å²) in [7, 11) is 0. The highest BCUT2D eigenvalue weighted by Gasteiger charge is 2.50. The van der Waals surface area contributed by atoms with Crippen LogP contribution in [0.3, 0.4) is 0 Å². The number of aryl methyl sites for hydroxylation is 2. The number of pyridine rings is 1. The summed E-state index contributed by atoms with van der Waals surface area (Å²) in [6.07, 6.45) is 9.48. The number of hydrogen-bond donors (Lipinski definition) is 2. The van der Waals surface area contributed by atoms with Crippen LogP contribution >= 0.6 is 0 Å². The molecular weight excluding hydrogens is 444 g/mol. The zero-order chi connectivity index (χ0) is 25.2. The normalized spacial score (nSPS) is 25.4. The quantitative estimate of drug-likeness (QED) is 0.448. The SMILES string of the molecule is CC[C@@]1(O)CC[C@@]2(Cc3ccccc3)c3ccc(C(=O)NCc4ccc(C)nc4)cc3CCC[C@H]2C1. The van der Waals surface area contributed by atoms with Crippen LogP contribution in [0.2, 0.25) is 0 Å². The topological polar surface area (TPSA) is 62.2 Å². The fourth-order valence-corrected chi connectivity index (χ4v) is 6.61.